The molecule has 0 radical (unpaired) electrons. The van der Waals surface area contributed by atoms with Gasteiger partial charge in [-0.05, 0) is 79.9 Å². The molecule has 0 saturated heterocycles. The van der Waals surface area contributed by atoms with E-state index in [0.717, 1.165) is 12.8 Å². The molecule has 0 unspecified atom stereocenters. The molecule has 2 aromatic carbocycles. The molecular weight excluding hydrogens is 460 g/mol. The summed E-state index contributed by atoms with van der Waals surface area (Å²) in [6, 6.07) is 15.7. The molecule has 8 heteroatoms. The fraction of sp³-hybridized carbons (Fsp3) is 0.286. The van der Waals surface area contributed by atoms with Crippen molar-refractivity contribution in [1.29, 1.82) is 0 Å². The normalized spacial score (nSPS) is 10.5. The molecule has 4 aromatic rings. The number of hydrogen-bond donors (Lipinski definition) is 0. The van der Waals surface area contributed by atoms with Crippen LogP contribution in [0.3, 0.4) is 0 Å². The average Bonchev–Trinajstić information content (AvgIpc) is 3.29. The van der Waals surface area contributed by atoms with Gasteiger partial charge in [0.2, 0.25) is 5.91 Å². The van der Waals surface area contributed by atoms with Crippen molar-refractivity contribution in [2.45, 2.75) is 40.2 Å². The third kappa shape index (κ3) is 7.53. The molecule has 0 saturated carbocycles. The second-order valence-corrected chi connectivity index (χ2v) is 8.34. The molecule has 2 heterocycles. The van der Waals surface area contributed by atoms with Gasteiger partial charge >= 0.3 is 0 Å². The van der Waals surface area contributed by atoms with E-state index in [1.807, 2.05) is 44.0 Å². The zero-order chi connectivity index (χ0) is 25.9. The standard InChI is InChI=1S/C22H24F2N4O.C6H7N/c1-3-13-27(14-4-2)20(29)15-28-22(17-7-11-19(24)12-8-17)25-21(26-28)16-5-9-18(23)10-6-16;1-6-3-2-4-7-5-6/h5-12H,3-4,13-15H2,1-2H3;2-5H,1H3. The highest BCUT2D eigenvalue weighted by atomic mass is 19.1. The lowest BCUT2D eigenvalue weighted by Crippen LogP contribution is -2.35. The maximum Gasteiger partial charge on any atom is 0.244 e. The van der Waals surface area contributed by atoms with Crippen LogP contribution in [-0.4, -0.2) is 43.6 Å². The van der Waals surface area contributed by atoms with Gasteiger partial charge in [0.05, 0.1) is 0 Å². The Morgan fingerprint density at radius 2 is 1.47 bits per heavy atom. The highest BCUT2D eigenvalue weighted by molar-refractivity contribution is 5.77. The molecule has 36 heavy (non-hydrogen) atoms. The second-order valence-electron chi connectivity index (χ2n) is 8.34. The lowest BCUT2D eigenvalue weighted by molar-refractivity contribution is -0.132. The van der Waals surface area contributed by atoms with Gasteiger partial charge in [0.25, 0.3) is 0 Å². The van der Waals surface area contributed by atoms with Crippen molar-refractivity contribution < 1.29 is 13.6 Å². The number of amides is 1. The summed E-state index contributed by atoms with van der Waals surface area (Å²) in [6.07, 6.45) is 5.34. The zero-order valence-electron chi connectivity index (χ0n) is 20.9. The van der Waals surface area contributed by atoms with E-state index in [4.69, 9.17) is 0 Å². The monoisotopic (exact) mass is 491 g/mol. The summed E-state index contributed by atoms with van der Waals surface area (Å²) >= 11 is 0. The summed E-state index contributed by atoms with van der Waals surface area (Å²) < 4.78 is 28.2. The minimum Gasteiger partial charge on any atom is -0.341 e. The molecule has 6 nitrogen and oxygen atoms in total. The number of halogens is 2. The molecule has 0 fully saturated rings. The first kappa shape index (κ1) is 26.7. The molecule has 0 N–H and O–H groups in total. The number of benzene rings is 2. The van der Waals surface area contributed by atoms with Crippen LogP contribution < -0.4 is 0 Å². The van der Waals surface area contributed by atoms with Crippen LogP contribution in [0.15, 0.2) is 73.1 Å². The van der Waals surface area contributed by atoms with E-state index in [9.17, 15) is 13.6 Å². The minimum absolute atomic E-state index is 0.0287. The Kier molecular flexibility index (Phi) is 9.80. The van der Waals surface area contributed by atoms with Crippen molar-refractivity contribution in [2.75, 3.05) is 13.1 Å². The van der Waals surface area contributed by atoms with Gasteiger partial charge in [-0.25, -0.2) is 18.4 Å². The van der Waals surface area contributed by atoms with E-state index in [0.29, 0.717) is 35.9 Å². The maximum absolute atomic E-state index is 13.4. The van der Waals surface area contributed by atoms with Crippen LogP contribution in [0.4, 0.5) is 8.78 Å². The fourth-order valence-electron chi connectivity index (χ4n) is 3.56. The van der Waals surface area contributed by atoms with Crippen LogP contribution in [0.5, 0.6) is 0 Å². The van der Waals surface area contributed by atoms with E-state index in [2.05, 4.69) is 15.1 Å². The Labute approximate surface area is 210 Å². The summed E-state index contributed by atoms with van der Waals surface area (Å²) in [5, 5.41) is 4.49. The summed E-state index contributed by atoms with van der Waals surface area (Å²) in [4.78, 5) is 23.1. The van der Waals surface area contributed by atoms with E-state index in [-0.39, 0.29) is 24.1 Å². The largest absolute Gasteiger partial charge is 0.341 e. The van der Waals surface area contributed by atoms with Gasteiger partial charge in [-0.3, -0.25) is 9.78 Å². The number of pyridine rings is 1. The third-order valence-electron chi connectivity index (χ3n) is 5.31. The Morgan fingerprint density at radius 1 is 0.889 bits per heavy atom. The Morgan fingerprint density at radius 3 is 1.94 bits per heavy atom. The number of aryl methyl sites for hydroxylation is 1. The minimum atomic E-state index is -0.355. The van der Waals surface area contributed by atoms with Gasteiger partial charge in [0, 0.05) is 36.6 Å². The van der Waals surface area contributed by atoms with Gasteiger partial charge in [-0.15, -0.1) is 5.10 Å². The lowest BCUT2D eigenvalue weighted by atomic mass is 10.2. The Balaban J connectivity index is 0.000000444. The van der Waals surface area contributed by atoms with Crippen molar-refractivity contribution in [3.63, 3.8) is 0 Å². The summed E-state index contributed by atoms with van der Waals surface area (Å²) in [5.74, 6) is 0.0940. The number of hydrogen-bond acceptors (Lipinski definition) is 4. The van der Waals surface area contributed by atoms with Crippen molar-refractivity contribution >= 4 is 5.91 Å². The number of nitrogens with zero attached hydrogens (tertiary/aromatic N) is 5. The number of carbonyl (C=O) groups excluding carboxylic acids is 1. The molecule has 0 aliphatic carbocycles. The summed E-state index contributed by atoms with van der Waals surface area (Å²) in [6.45, 7) is 7.47. The molecule has 0 aliphatic heterocycles. The van der Waals surface area contributed by atoms with E-state index in [1.54, 1.807) is 30.5 Å². The first-order valence-corrected chi connectivity index (χ1v) is 12.0. The molecule has 4 rings (SSSR count). The topological polar surface area (TPSA) is 63.9 Å². The molecule has 0 atom stereocenters. The van der Waals surface area contributed by atoms with Crippen molar-refractivity contribution in [2.24, 2.45) is 0 Å². The van der Waals surface area contributed by atoms with Crippen molar-refractivity contribution in [3.05, 3.63) is 90.3 Å². The SMILES string of the molecule is CCCN(CCC)C(=O)Cn1nc(-c2ccc(F)cc2)nc1-c1ccc(F)cc1.Cc1cccnc1. The molecule has 0 bridgehead atoms. The Hall–Kier alpha value is -3.94. The van der Waals surface area contributed by atoms with Gasteiger partial charge in [0.1, 0.15) is 18.2 Å². The average molecular weight is 492 g/mol. The van der Waals surface area contributed by atoms with Gasteiger partial charge < -0.3 is 4.90 Å². The van der Waals surface area contributed by atoms with Gasteiger partial charge in [-0.2, -0.15) is 0 Å². The van der Waals surface area contributed by atoms with E-state index >= 15 is 0 Å². The first-order chi connectivity index (χ1) is 17.4. The number of carbonyl (C=O) groups is 1. The predicted molar refractivity (Wildman–Crippen MR) is 137 cm³/mol. The molecule has 1 amide bonds. The lowest BCUT2D eigenvalue weighted by Gasteiger charge is -2.21. The van der Waals surface area contributed by atoms with Crippen LogP contribution in [-0.2, 0) is 11.3 Å². The van der Waals surface area contributed by atoms with Crippen LogP contribution in [0, 0.1) is 18.6 Å². The van der Waals surface area contributed by atoms with E-state index < -0.39 is 0 Å². The summed E-state index contributed by atoms with van der Waals surface area (Å²) in [7, 11) is 0. The molecule has 0 aliphatic rings. The predicted octanol–water partition coefficient (Wildman–Crippen LogP) is 5.93. The van der Waals surface area contributed by atoms with Crippen LogP contribution in [0.1, 0.15) is 32.3 Å². The number of rotatable bonds is 8. The van der Waals surface area contributed by atoms with Gasteiger partial charge in [-0.1, -0.05) is 19.9 Å². The second kappa shape index (κ2) is 13.2. The highest BCUT2D eigenvalue weighted by Crippen LogP contribution is 2.23. The van der Waals surface area contributed by atoms with Crippen LogP contribution in [0.2, 0.25) is 0 Å². The maximum atomic E-state index is 13.4. The molecular formula is C28H31F2N5O. The van der Waals surface area contributed by atoms with Crippen LogP contribution in [0.25, 0.3) is 22.8 Å². The summed E-state index contributed by atoms with van der Waals surface area (Å²) in [5.41, 5.74) is 2.50. The quantitative estimate of drug-likeness (QED) is 0.307. The molecule has 188 valence electrons. The first-order valence-electron chi connectivity index (χ1n) is 12.0. The van der Waals surface area contributed by atoms with Crippen LogP contribution >= 0.6 is 0 Å². The van der Waals surface area contributed by atoms with Crippen molar-refractivity contribution in [1.82, 2.24) is 24.6 Å². The highest BCUT2D eigenvalue weighted by Gasteiger charge is 2.19. The Bertz CT molecular complexity index is 1220. The molecule has 2 aromatic heterocycles. The fourth-order valence-corrected chi connectivity index (χ4v) is 3.56. The molecule has 0 spiro atoms. The van der Waals surface area contributed by atoms with Gasteiger partial charge in [0.15, 0.2) is 11.6 Å². The zero-order valence-corrected chi connectivity index (χ0v) is 20.9. The number of aromatic nitrogens is 4. The van der Waals surface area contributed by atoms with Crippen molar-refractivity contribution in [3.8, 4) is 22.8 Å². The van der Waals surface area contributed by atoms with E-state index in [1.165, 1.54) is 34.5 Å². The third-order valence-corrected chi connectivity index (χ3v) is 5.31. The smallest absolute Gasteiger partial charge is 0.244 e.